The molecular weight excluding hydrogens is 438 g/mol. The van der Waals surface area contributed by atoms with Gasteiger partial charge in [0.25, 0.3) is 0 Å². The summed E-state index contributed by atoms with van der Waals surface area (Å²) in [5.74, 6) is 0.681. The first-order valence-corrected chi connectivity index (χ1v) is 12.0. The van der Waals surface area contributed by atoms with Crippen LogP contribution in [-0.2, 0) is 0 Å². The Bertz CT molecular complexity index is 1360. The Morgan fingerprint density at radius 3 is 1.39 bits per heavy atom. The average Bonchev–Trinajstić information content (AvgIpc) is 2.98. The zero-order valence-electron chi connectivity index (χ0n) is 19.6. The van der Waals surface area contributed by atoms with Gasteiger partial charge in [0.15, 0.2) is 5.82 Å². The second-order valence-electron chi connectivity index (χ2n) is 8.57. The van der Waals surface area contributed by atoms with Gasteiger partial charge in [-0.15, -0.1) is 0 Å². The van der Waals surface area contributed by atoms with Crippen molar-refractivity contribution in [3.63, 3.8) is 0 Å². The first-order valence-electron chi connectivity index (χ1n) is 12.0. The van der Waals surface area contributed by atoms with Gasteiger partial charge in [0.1, 0.15) is 0 Å². The van der Waals surface area contributed by atoms with Gasteiger partial charge in [-0.25, -0.2) is 9.97 Å². The monoisotopic (exact) mass is 461 g/mol. The lowest BCUT2D eigenvalue weighted by atomic mass is 9.94. The fraction of sp³-hybridized carbons (Fsp3) is 0. The maximum Gasteiger partial charge on any atom is 0.160 e. The van der Waals surface area contributed by atoms with Crippen molar-refractivity contribution in [2.75, 3.05) is 0 Å². The third-order valence-electron chi connectivity index (χ3n) is 6.13. The normalized spacial score (nSPS) is 10.8. The van der Waals surface area contributed by atoms with Crippen LogP contribution in [0.3, 0.4) is 0 Å². The number of benzene rings is 4. The highest BCUT2D eigenvalue weighted by molar-refractivity contribution is 5.81. The molecule has 36 heavy (non-hydrogen) atoms. The molecule has 0 radical (unpaired) electrons. The zero-order valence-corrected chi connectivity index (χ0v) is 19.6. The molecule has 6 aromatic rings. The van der Waals surface area contributed by atoms with Crippen molar-refractivity contribution in [3.05, 3.63) is 140 Å². The van der Waals surface area contributed by atoms with Gasteiger partial charge in [-0.3, -0.25) is 4.98 Å². The highest BCUT2D eigenvalue weighted by atomic mass is 14.9. The number of nitrogens with zero attached hydrogens (tertiary/aromatic N) is 3. The molecule has 0 unspecified atom stereocenters. The molecule has 0 spiro atoms. The minimum Gasteiger partial charge on any atom is -0.255 e. The Hall–Kier alpha value is -4.89. The summed E-state index contributed by atoms with van der Waals surface area (Å²) in [6, 6.07) is 45.6. The van der Waals surface area contributed by atoms with E-state index in [1.54, 1.807) is 6.20 Å². The van der Waals surface area contributed by atoms with Crippen molar-refractivity contribution >= 4 is 0 Å². The summed E-state index contributed by atoms with van der Waals surface area (Å²) in [6.45, 7) is 0. The third kappa shape index (κ3) is 4.55. The van der Waals surface area contributed by atoms with Crippen LogP contribution in [-0.4, -0.2) is 15.0 Å². The van der Waals surface area contributed by atoms with Gasteiger partial charge in [0.2, 0.25) is 0 Å². The van der Waals surface area contributed by atoms with E-state index in [2.05, 4.69) is 71.7 Å². The number of hydrogen-bond donors (Lipinski definition) is 0. The second kappa shape index (κ2) is 9.77. The number of hydrogen-bond acceptors (Lipinski definition) is 3. The van der Waals surface area contributed by atoms with E-state index < -0.39 is 0 Å². The lowest BCUT2D eigenvalue weighted by Crippen LogP contribution is -1.97. The number of aromatic nitrogens is 3. The van der Waals surface area contributed by atoms with E-state index in [0.717, 1.165) is 39.3 Å². The molecule has 0 aliphatic heterocycles. The molecule has 0 aliphatic carbocycles. The van der Waals surface area contributed by atoms with Crippen molar-refractivity contribution in [3.8, 4) is 56.3 Å². The summed E-state index contributed by atoms with van der Waals surface area (Å²) in [4.78, 5) is 14.5. The third-order valence-corrected chi connectivity index (χ3v) is 6.13. The van der Waals surface area contributed by atoms with Crippen LogP contribution in [0.5, 0.6) is 0 Å². The lowest BCUT2D eigenvalue weighted by molar-refractivity contribution is 1.16. The predicted molar refractivity (Wildman–Crippen MR) is 147 cm³/mol. The molecule has 0 N–H and O–H groups in total. The second-order valence-corrected chi connectivity index (χ2v) is 8.57. The van der Waals surface area contributed by atoms with Crippen molar-refractivity contribution in [1.29, 1.82) is 0 Å². The lowest BCUT2D eigenvalue weighted by Gasteiger charge is -2.13. The van der Waals surface area contributed by atoms with Crippen LogP contribution in [0.15, 0.2) is 140 Å². The molecule has 170 valence electrons. The maximum atomic E-state index is 5.03. The SMILES string of the molecule is c1ccc(-c2cc(-c3ccccc3)cc(-c3cc(-c4ccccn4)nc(-c4ccccc4)n3)c2)cc1. The summed E-state index contributed by atoms with van der Waals surface area (Å²) in [5.41, 5.74) is 9.10. The molecule has 0 amide bonds. The Labute approximate surface area is 210 Å². The largest absolute Gasteiger partial charge is 0.255 e. The summed E-state index contributed by atoms with van der Waals surface area (Å²) in [6.07, 6.45) is 1.79. The van der Waals surface area contributed by atoms with Gasteiger partial charge in [-0.1, -0.05) is 97.1 Å². The van der Waals surface area contributed by atoms with Gasteiger partial charge in [-0.2, -0.15) is 0 Å². The van der Waals surface area contributed by atoms with E-state index in [1.807, 2.05) is 66.7 Å². The first kappa shape index (κ1) is 21.6. The van der Waals surface area contributed by atoms with Crippen LogP contribution in [0.2, 0.25) is 0 Å². The summed E-state index contributed by atoms with van der Waals surface area (Å²) < 4.78 is 0. The maximum absolute atomic E-state index is 5.03. The summed E-state index contributed by atoms with van der Waals surface area (Å²) in [5, 5.41) is 0. The van der Waals surface area contributed by atoms with Crippen LogP contribution in [0.1, 0.15) is 0 Å². The fourth-order valence-corrected chi connectivity index (χ4v) is 4.33. The molecule has 4 aromatic carbocycles. The van der Waals surface area contributed by atoms with Crippen molar-refractivity contribution in [1.82, 2.24) is 15.0 Å². The highest BCUT2D eigenvalue weighted by Gasteiger charge is 2.13. The molecule has 3 heteroatoms. The van der Waals surface area contributed by atoms with Gasteiger partial charge < -0.3 is 0 Å². The van der Waals surface area contributed by atoms with Crippen molar-refractivity contribution in [2.24, 2.45) is 0 Å². The minimum atomic E-state index is 0.681. The van der Waals surface area contributed by atoms with Gasteiger partial charge in [0.05, 0.1) is 17.1 Å². The number of pyridine rings is 1. The Morgan fingerprint density at radius 1 is 0.333 bits per heavy atom. The molecule has 0 aliphatic rings. The molecule has 0 fully saturated rings. The van der Waals surface area contributed by atoms with E-state index in [0.29, 0.717) is 5.82 Å². The van der Waals surface area contributed by atoms with E-state index >= 15 is 0 Å². The summed E-state index contributed by atoms with van der Waals surface area (Å²) in [7, 11) is 0. The van der Waals surface area contributed by atoms with Crippen LogP contribution in [0.4, 0.5) is 0 Å². The highest BCUT2D eigenvalue weighted by Crippen LogP contribution is 2.34. The van der Waals surface area contributed by atoms with Gasteiger partial charge in [-0.05, 0) is 58.7 Å². The standard InChI is InChI=1S/C33H23N3/c1-4-12-24(13-5-1)27-20-28(25-14-6-2-7-15-25)22-29(21-27)31-23-32(30-18-10-11-19-34-30)36-33(35-31)26-16-8-3-9-17-26/h1-23H. The smallest absolute Gasteiger partial charge is 0.160 e. The fourth-order valence-electron chi connectivity index (χ4n) is 4.33. The van der Waals surface area contributed by atoms with Crippen LogP contribution < -0.4 is 0 Å². The molecule has 3 nitrogen and oxygen atoms in total. The molecule has 0 bridgehead atoms. The molecular formula is C33H23N3. The Balaban J connectivity index is 1.58. The minimum absolute atomic E-state index is 0.681. The molecule has 2 aromatic heterocycles. The Morgan fingerprint density at radius 2 is 0.833 bits per heavy atom. The molecule has 0 saturated heterocycles. The van der Waals surface area contributed by atoms with Crippen LogP contribution in [0.25, 0.3) is 56.3 Å². The molecule has 0 atom stereocenters. The van der Waals surface area contributed by atoms with Gasteiger partial charge in [0, 0.05) is 17.3 Å². The molecule has 0 saturated carbocycles. The Kier molecular flexibility index (Phi) is 5.87. The zero-order chi connectivity index (χ0) is 24.2. The average molecular weight is 462 g/mol. The van der Waals surface area contributed by atoms with E-state index in [1.165, 1.54) is 11.1 Å². The van der Waals surface area contributed by atoms with Crippen molar-refractivity contribution < 1.29 is 0 Å². The molecule has 2 heterocycles. The molecule has 6 rings (SSSR count). The quantitative estimate of drug-likeness (QED) is 0.260. The van der Waals surface area contributed by atoms with Gasteiger partial charge >= 0.3 is 0 Å². The van der Waals surface area contributed by atoms with Crippen molar-refractivity contribution in [2.45, 2.75) is 0 Å². The predicted octanol–water partition coefficient (Wildman–Crippen LogP) is 8.21. The van der Waals surface area contributed by atoms with Crippen LogP contribution >= 0.6 is 0 Å². The van der Waals surface area contributed by atoms with E-state index in [9.17, 15) is 0 Å². The number of rotatable bonds is 5. The first-order chi connectivity index (χ1) is 17.8. The topological polar surface area (TPSA) is 38.7 Å². The van der Waals surface area contributed by atoms with E-state index in [4.69, 9.17) is 9.97 Å². The van der Waals surface area contributed by atoms with Crippen LogP contribution in [0, 0.1) is 0 Å². The summed E-state index contributed by atoms with van der Waals surface area (Å²) >= 11 is 0. The van der Waals surface area contributed by atoms with E-state index in [-0.39, 0.29) is 0 Å².